The third kappa shape index (κ3) is 4.94. The Morgan fingerprint density at radius 1 is 1.35 bits per heavy atom. The quantitative estimate of drug-likeness (QED) is 0.734. The molecule has 2 atom stereocenters. The number of carbonyl (C=O) groups is 1. The summed E-state index contributed by atoms with van der Waals surface area (Å²) >= 11 is 0. The smallest absolute Gasteiger partial charge is 0.223 e. The van der Waals surface area contributed by atoms with Crippen LogP contribution in [-0.4, -0.2) is 39.8 Å². The molecule has 0 heterocycles. The van der Waals surface area contributed by atoms with Crippen LogP contribution in [0.5, 0.6) is 5.75 Å². The summed E-state index contributed by atoms with van der Waals surface area (Å²) in [5.41, 5.74) is 5.93. The molecule has 7 heteroatoms. The molecule has 128 valence electrons. The zero-order valence-corrected chi connectivity index (χ0v) is 14.3. The molecule has 0 bridgehead atoms. The number of methoxy groups -OCH3 is 1. The van der Waals surface area contributed by atoms with E-state index in [4.69, 9.17) is 10.5 Å². The lowest BCUT2D eigenvalue weighted by atomic mass is 10.1. The summed E-state index contributed by atoms with van der Waals surface area (Å²) in [5, 5.41) is 2.75. The molecule has 2 unspecified atom stereocenters. The summed E-state index contributed by atoms with van der Waals surface area (Å²) < 4.78 is 29.7. The zero-order valence-electron chi connectivity index (χ0n) is 13.5. The highest BCUT2D eigenvalue weighted by Gasteiger charge is 2.29. The van der Waals surface area contributed by atoms with Crippen molar-refractivity contribution in [3.63, 3.8) is 0 Å². The predicted molar refractivity (Wildman–Crippen MR) is 87.9 cm³/mol. The van der Waals surface area contributed by atoms with Crippen LogP contribution in [-0.2, 0) is 14.6 Å². The highest BCUT2D eigenvalue weighted by atomic mass is 32.2. The molecule has 1 aromatic rings. The summed E-state index contributed by atoms with van der Waals surface area (Å²) in [7, 11) is -2.00. The second kappa shape index (κ2) is 7.31. The maximum absolute atomic E-state index is 12.4. The van der Waals surface area contributed by atoms with Crippen molar-refractivity contribution in [1.82, 2.24) is 5.32 Å². The number of hydrogen-bond donors (Lipinski definition) is 2. The van der Waals surface area contributed by atoms with E-state index < -0.39 is 15.8 Å². The number of rotatable bonds is 8. The van der Waals surface area contributed by atoms with Crippen LogP contribution in [0.4, 0.5) is 0 Å². The van der Waals surface area contributed by atoms with Crippen molar-refractivity contribution in [3.8, 4) is 5.75 Å². The highest BCUT2D eigenvalue weighted by Crippen LogP contribution is 2.31. The summed E-state index contributed by atoms with van der Waals surface area (Å²) in [6, 6.07) is 6.12. The van der Waals surface area contributed by atoms with Crippen molar-refractivity contribution in [3.05, 3.63) is 24.3 Å². The number of nitrogens with two attached hydrogens (primary N) is 1. The van der Waals surface area contributed by atoms with Crippen molar-refractivity contribution < 1.29 is 17.9 Å². The molecule has 1 aromatic carbocycles. The summed E-state index contributed by atoms with van der Waals surface area (Å²) in [5.74, 6) is -0.0618. The van der Waals surface area contributed by atoms with Crippen molar-refractivity contribution in [2.75, 3.05) is 19.4 Å². The highest BCUT2D eigenvalue weighted by molar-refractivity contribution is 7.91. The first-order valence-corrected chi connectivity index (χ1v) is 9.39. The lowest BCUT2D eigenvalue weighted by Gasteiger charge is -2.15. The third-order valence-corrected chi connectivity index (χ3v) is 6.00. The van der Waals surface area contributed by atoms with Gasteiger partial charge in [-0.1, -0.05) is 6.92 Å². The fourth-order valence-corrected chi connectivity index (χ4v) is 3.92. The molecule has 0 aliphatic heterocycles. The fraction of sp³-hybridized carbons (Fsp3) is 0.562. The van der Waals surface area contributed by atoms with E-state index >= 15 is 0 Å². The normalized spacial score (nSPS) is 17.3. The third-order valence-electron chi connectivity index (χ3n) is 4.08. The van der Waals surface area contributed by atoms with Gasteiger partial charge in [0.15, 0.2) is 9.84 Å². The number of amides is 1. The molecular weight excluding hydrogens is 316 g/mol. The van der Waals surface area contributed by atoms with Crippen LogP contribution in [0.25, 0.3) is 0 Å². The molecule has 1 aliphatic rings. The minimum absolute atomic E-state index is 0.0376. The van der Waals surface area contributed by atoms with Crippen molar-refractivity contribution >= 4 is 15.7 Å². The number of nitrogens with one attached hydrogen (secondary N) is 1. The van der Waals surface area contributed by atoms with E-state index in [1.165, 1.54) is 19.2 Å². The topological polar surface area (TPSA) is 98.5 Å². The van der Waals surface area contributed by atoms with Gasteiger partial charge in [0.05, 0.1) is 17.8 Å². The Labute approximate surface area is 137 Å². The first-order valence-electron chi connectivity index (χ1n) is 7.73. The molecule has 1 saturated carbocycles. The Hall–Kier alpha value is -1.60. The SMILES string of the molecule is COc1ccc(S(=O)(=O)CC(C)C(=O)NCC(N)C2CC2)cc1. The molecule has 23 heavy (non-hydrogen) atoms. The molecule has 1 amide bonds. The van der Waals surface area contributed by atoms with E-state index in [1.807, 2.05) is 0 Å². The minimum atomic E-state index is -3.52. The molecule has 1 aliphatic carbocycles. The van der Waals surface area contributed by atoms with Crippen LogP contribution >= 0.6 is 0 Å². The molecule has 0 radical (unpaired) electrons. The lowest BCUT2D eigenvalue weighted by molar-refractivity contribution is -0.123. The van der Waals surface area contributed by atoms with Gasteiger partial charge in [0.25, 0.3) is 0 Å². The average molecular weight is 340 g/mol. The van der Waals surface area contributed by atoms with Gasteiger partial charge in [-0.2, -0.15) is 0 Å². The minimum Gasteiger partial charge on any atom is -0.497 e. The molecule has 1 fully saturated rings. The fourth-order valence-electron chi connectivity index (χ4n) is 2.37. The zero-order chi connectivity index (χ0) is 17.0. The van der Waals surface area contributed by atoms with Crippen LogP contribution in [0, 0.1) is 11.8 Å². The van der Waals surface area contributed by atoms with Crippen LogP contribution in [0.3, 0.4) is 0 Å². The van der Waals surface area contributed by atoms with Crippen LogP contribution in [0.2, 0.25) is 0 Å². The van der Waals surface area contributed by atoms with Gasteiger partial charge < -0.3 is 15.8 Å². The Balaban J connectivity index is 1.90. The van der Waals surface area contributed by atoms with Gasteiger partial charge in [0.1, 0.15) is 5.75 Å². The Morgan fingerprint density at radius 3 is 2.48 bits per heavy atom. The van der Waals surface area contributed by atoms with Gasteiger partial charge in [-0.15, -0.1) is 0 Å². The van der Waals surface area contributed by atoms with E-state index in [0.717, 1.165) is 12.8 Å². The van der Waals surface area contributed by atoms with Gasteiger partial charge in [-0.25, -0.2) is 8.42 Å². The van der Waals surface area contributed by atoms with Gasteiger partial charge in [0, 0.05) is 18.5 Å². The van der Waals surface area contributed by atoms with E-state index in [9.17, 15) is 13.2 Å². The number of hydrogen-bond acceptors (Lipinski definition) is 5. The van der Waals surface area contributed by atoms with E-state index in [1.54, 1.807) is 19.1 Å². The Bertz CT molecular complexity index is 639. The van der Waals surface area contributed by atoms with Crippen LogP contribution in [0.15, 0.2) is 29.2 Å². The van der Waals surface area contributed by atoms with E-state index in [-0.39, 0.29) is 22.6 Å². The van der Waals surface area contributed by atoms with E-state index in [2.05, 4.69) is 5.32 Å². The number of carbonyl (C=O) groups excluding carboxylic acids is 1. The number of benzene rings is 1. The van der Waals surface area contributed by atoms with Gasteiger partial charge in [-0.3, -0.25) is 4.79 Å². The molecule has 3 N–H and O–H groups in total. The van der Waals surface area contributed by atoms with Crippen LogP contribution < -0.4 is 15.8 Å². The molecule has 0 aromatic heterocycles. The largest absolute Gasteiger partial charge is 0.497 e. The maximum atomic E-state index is 12.4. The molecular formula is C16H24N2O4S. The first-order chi connectivity index (χ1) is 10.8. The van der Waals surface area contributed by atoms with Crippen molar-refractivity contribution in [1.29, 1.82) is 0 Å². The van der Waals surface area contributed by atoms with Crippen LogP contribution in [0.1, 0.15) is 19.8 Å². The van der Waals surface area contributed by atoms with Gasteiger partial charge >= 0.3 is 0 Å². The first kappa shape index (κ1) is 17.7. The molecule has 0 spiro atoms. The second-order valence-corrected chi connectivity index (χ2v) is 8.14. The Kier molecular flexibility index (Phi) is 5.64. The van der Waals surface area contributed by atoms with Gasteiger partial charge in [0.2, 0.25) is 5.91 Å². The number of ether oxygens (including phenoxy) is 1. The Morgan fingerprint density at radius 2 is 1.96 bits per heavy atom. The standard InChI is InChI=1S/C16H24N2O4S/c1-11(16(19)18-9-15(17)12-3-4-12)10-23(20,21)14-7-5-13(22-2)6-8-14/h5-8,11-12,15H,3-4,9-10,17H2,1-2H3,(H,18,19). The summed E-state index contributed by atoms with van der Waals surface area (Å²) in [6.45, 7) is 2.01. The lowest BCUT2D eigenvalue weighted by Crippen LogP contribution is -2.41. The molecule has 0 saturated heterocycles. The van der Waals surface area contributed by atoms with Crippen molar-refractivity contribution in [2.45, 2.75) is 30.7 Å². The predicted octanol–water partition coefficient (Wildman–Crippen LogP) is 0.959. The monoisotopic (exact) mass is 340 g/mol. The van der Waals surface area contributed by atoms with Gasteiger partial charge in [-0.05, 0) is 43.0 Å². The second-order valence-electron chi connectivity index (χ2n) is 6.10. The summed E-state index contributed by atoms with van der Waals surface area (Å²) in [6.07, 6.45) is 2.22. The van der Waals surface area contributed by atoms with E-state index in [0.29, 0.717) is 18.2 Å². The summed E-state index contributed by atoms with van der Waals surface area (Å²) in [4.78, 5) is 12.2. The average Bonchev–Trinajstić information content (AvgIpc) is 3.36. The van der Waals surface area contributed by atoms with Crippen molar-refractivity contribution in [2.24, 2.45) is 17.6 Å². The maximum Gasteiger partial charge on any atom is 0.223 e. The molecule has 2 rings (SSSR count). The molecule has 6 nitrogen and oxygen atoms in total. The number of sulfone groups is 1.